The number of carbonyl (C=O) groups excluding carboxylic acids is 3. The predicted molar refractivity (Wildman–Crippen MR) is 151 cm³/mol. The Morgan fingerprint density at radius 3 is 2.64 bits per heavy atom. The van der Waals surface area contributed by atoms with Gasteiger partial charge in [0.2, 0.25) is 0 Å². The molecule has 0 radical (unpaired) electrons. The molecule has 9 heteroatoms. The van der Waals surface area contributed by atoms with Gasteiger partial charge < -0.3 is 14.8 Å². The van der Waals surface area contributed by atoms with Gasteiger partial charge in [-0.2, -0.15) is 5.10 Å². The first kappa shape index (κ1) is 26.1. The summed E-state index contributed by atoms with van der Waals surface area (Å²) >= 11 is 1.31. The highest BCUT2D eigenvalue weighted by molar-refractivity contribution is 7.17. The molecule has 2 N–H and O–H groups in total. The van der Waals surface area contributed by atoms with Gasteiger partial charge in [0.05, 0.1) is 18.9 Å². The Morgan fingerprint density at radius 1 is 0.974 bits per heavy atom. The average molecular weight is 542 g/mol. The Morgan fingerprint density at radius 2 is 1.77 bits per heavy atom. The van der Waals surface area contributed by atoms with Gasteiger partial charge in [0.15, 0.2) is 0 Å². The minimum Gasteiger partial charge on any atom is -0.489 e. The number of anilines is 1. The predicted octanol–water partition coefficient (Wildman–Crippen LogP) is 5.23. The zero-order valence-electron chi connectivity index (χ0n) is 21.4. The van der Waals surface area contributed by atoms with Crippen molar-refractivity contribution in [2.45, 2.75) is 32.3 Å². The molecule has 0 saturated carbocycles. The number of hydrazone groups is 1. The molecule has 0 spiro atoms. The second kappa shape index (κ2) is 11.9. The van der Waals surface area contributed by atoms with Gasteiger partial charge in [-0.15, -0.1) is 11.3 Å². The van der Waals surface area contributed by atoms with Gasteiger partial charge in [-0.25, -0.2) is 10.2 Å². The van der Waals surface area contributed by atoms with Crippen LogP contribution in [0.3, 0.4) is 0 Å². The number of fused-ring (bicyclic) bond motifs is 2. The maximum Gasteiger partial charge on any atom is 0.341 e. The highest BCUT2D eigenvalue weighted by atomic mass is 32.1. The molecule has 8 nitrogen and oxygen atoms in total. The molecule has 0 atom stereocenters. The molecule has 3 aromatic carbocycles. The van der Waals surface area contributed by atoms with E-state index in [1.165, 1.54) is 24.7 Å². The van der Waals surface area contributed by atoms with Crippen LogP contribution < -0.4 is 15.5 Å². The van der Waals surface area contributed by atoms with Crippen molar-refractivity contribution in [1.82, 2.24) is 5.43 Å². The molecule has 1 heterocycles. The number of nitrogens with one attached hydrogen (secondary N) is 2. The normalized spacial score (nSPS) is 12.6. The minimum atomic E-state index is -0.947. The number of rotatable bonds is 7. The maximum atomic E-state index is 12.5. The smallest absolute Gasteiger partial charge is 0.341 e. The van der Waals surface area contributed by atoms with Gasteiger partial charge in [-0.05, 0) is 65.3 Å². The number of hydrogen-bond donors (Lipinski definition) is 2. The summed E-state index contributed by atoms with van der Waals surface area (Å²) in [5.74, 6) is -1.74. The van der Waals surface area contributed by atoms with Crippen LogP contribution in [0, 0.1) is 0 Å². The summed E-state index contributed by atoms with van der Waals surface area (Å²) in [4.78, 5) is 38.3. The third kappa shape index (κ3) is 5.99. The van der Waals surface area contributed by atoms with Crippen molar-refractivity contribution in [3.63, 3.8) is 0 Å². The molecule has 0 bridgehead atoms. The van der Waals surface area contributed by atoms with Crippen LogP contribution in [-0.2, 0) is 33.8 Å². The molecular weight excluding hydrogens is 514 g/mol. The molecule has 198 valence electrons. The molecule has 39 heavy (non-hydrogen) atoms. The molecule has 1 aliphatic carbocycles. The van der Waals surface area contributed by atoms with E-state index in [-0.39, 0.29) is 0 Å². The molecule has 1 aromatic heterocycles. The number of esters is 1. The van der Waals surface area contributed by atoms with Crippen molar-refractivity contribution in [2.24, 2.45) is 5.10 Å². The number of hydrogen-bond acceptors (Lipinski definition) is 7. The molecule has 1 aliphatic rings. The fourth-order valence-corrected chi connectivity index (χ4v) is 5.88. The van der Waals surface area contributed by atoms with E-state index in [0.717, 1.165) is 52.5 Å². The van der Waals surface area contributed by atoms with Gasteiger partial charge in [0, 0.05) is 4.88 Å². The van der Waals surface area contributed by atoms with E-state index in [4.69, 9.17) is 9.47 Å². The van der Waals surface area contributed by atoms with Crippen LogP contribution in [0.4, 0.5) is 5.00 Å². The van der Waals surface area contributed by atoms with Crippen LogP contribution in [0.25, 0.3) is 10.8 Å². The lowest BCUT2D eigenvalue weighted by Gasteiger charge is -2.11. The lowest BCUT2D eigenvalue weighted by atomic mass is 9.95. The standard InChI is InChI=1S/C30H27N3O5S/c1-37-30(36)26-24-14-4-5-15-25(24)39-29(26)32-27(34)28(35)33-31-17-19-8-6-12-22(16-19)38-18-21-11-7-10-20-9-2-3-13-23(20)21/h2-3,6-13,16-17H,4-5,14-15,18H2,1H3,(H,32,34)(H,33,35). The summed E-state index contributed by atoms with van der Waals surface area (Å²) in [7, 11) is 1.30. The van der Waals surface area contributed by atoms with Crippen molar-refractivity contribution < 1.29 is 23.9 Å². The number of ether oxygens (including phenoxy) is 2. The second-order valence-electron chi connectivity index (χ2n) is 9.06. The Labute approximate surface area is 229 Å². The Kier molecular flexibility index (Phi) is 7.98. The molecular formula is C30H27N3O5S. The van der Waals surface area contributed by atoms with E-state index < -0.39 is 17.8 Å². The van der Waals surface area contributed by atoms with Crippen LogP contribution in [0.2, 0.25) is 0 Å². The van der Waals surface area contributed by atoms with Crippen LogP contribution in [0.15, 0.2) is 71.8 Å². The fourth-order valence-electron chi connectivity index (χ4n) is 4.61. The molecule has 5 rings (SSSR count). The number of amides is 2. The van der Waals surface area contributed by atoms with Crippen molar-refractivity contribution in [2.75, 3.05) is 12.4 Å². The van der Waals surface area contributed by atoms with Gasteiger partial charge in [0.25, 0.3) is 0 Å². The van der Waals surface area contributed by atoms with Crippen LogP contribution >= 0.6 is 11.3 Å². The van der Waals surface area contributed by atoms with Crippen LogP contribution in [-0.4, -0.2) is 31.1 Å². The van der Waals surface area contributed by atoms with Crippen molar-refractivity contribution in [3.8, 4) is 5.75 Å². The first-order valence-electron chi connectivity index (χ1n) is 12.6. The number of carbonyl (C=O) groups is 3. The summed E-state index contributed by atoms with van der Waals surface area (Å²) < 4.78 is 10.9. The van der Waals surface area contributed by atoms with Crippen LogP contribution in [0.1, 0.15) is 44.8 Å². The Balaban J connectivity index is 1.19. The van der Waals surface area contributed by atoms with E-state index in [2.05, 4.69) is 34.0 Å². The summed E-state index contributed by atoms with van der Waals surface area (Å²) in [6.07, 6.45) is 4.99. The number of methoxy groups -OCH3 is 1. The third-order valence-electron chi connectivity index (χ3n) is 6.51. The van der Waals surface area contributed by atoms with Crippen molar-refractivity contribution in [1.29, 1.82) is 0 Å². The lowest BCUT2D eigenvalue weighted by Crippen LogP contribution is -2.32. The molecule has 0 fully saturated rings. The minimum absolute atomic E-state index is 0.328. The van der Waals surface area contributed by atoms with E-state index >= 15 is 0 Å². The van der Waals surface area contributed by atoms with Gasteiger partial charge in [-0.1, -0.05) is 54.6 Å². The number of benzene rings is 3. The van der Waals surface area contributed by atoms with E-state index in [9.17, 15) is 14.4 Å². The Bertz CT molecular complexity index is 1570. The van der Waals surface area contributed by atoms with Gasteiger partial charge in [-0.3, -0.25) is 9.59 Å². The average Bonchev–Trinajstić information content (AvgIpc) is 3.33. The molecule has 0 unspecified atom stereocenters. The summed E-state index contributed by atoms with van der Waals surface area (Å²) in [6.45, 7) is 0.401. The highest BCUT2D eigenvalue weighted by Gasteiger charge is 2.28. The first-order valence-corrected chi connectivity index (χ1v) is 13.4. The molecule has 4 aromatic rings. The monoisotopic (exact) mass is 541 g/mol. The highest BCUT2D eigenvalue weighted by Crippen LogP contribution is 2.38. The van der Waals surface area contributed by atoms with Gasteiger partial charge >= 0.3 is 17.8 Å². The largest absolute Gasteiger partial charge is 0.489 e. The maximum absolute atomic E-state index is 12.5. The van der Waals surface area contributed by atoms with Crippen molar-refractivity contribution >= 4 is 51.1 Å². The SMILES string of the molecule is COC(=O)c1c(NC(=O)C(=O)NN=Cc2cccc(OCc3cccc4ccccc34)c2)sc2c1CCCC2. The Hall–Kier alpha value is -4.50. The van der Waals surface area contributed by atoms with Crippen LogP contribution in [0.5, 0.6) is 5.75 Å². The number of thiophene rings is 1. The number of nitrogens with zero attached hydrogens (tertiary/aromatic N) is 1. The van der Waals surface area contributed by atoms with Crippen molar-refractivity contribution in [3.05, 3.63) is 93.9 Å². The summed E-state index contributed by atoms with van der Waals surface area (Å²) in [5, 5.41) is 9.09. The molecule has 0 saturated heterocycles. The first-order chi connectivity index (χ1) is 19.0. The summed E-state index contributed by atoms with van der Waals surface area (Å²) in [5.41, 5.74) is 5.23. The number of aryl methyl sites for hydroxylation is 1. The third-order valence-corrected chi connectivity index (χ3v) is 7.71. The quantitative estimate of drug-likeness (QED) is 0.144. The second-order valence-corrected chi connectivity index (χ2v) is 10.2. The molecule has 2 amide bonds. The van der Waals surface area contributed by atoms with Gasteiger partial charge in [0.1, 0.15) is 17.4 Å². The van der Waals surface area contributed by atoms with E-state index in [1.54, 1.807) is 12.1 Å². The molecule has 0 aliphatic heterocycles. The van der Waals surface area contributed by atoms with E-state index in [1.807, 2.05) is 36.4 Å². The zero-order valence-corrected chi connectivity index (χ0v) is 22.2. The summed E-state index contributed by atoms with van der Waals surface area (Å²) in [6, 6.07) is 21.5. The fraction of sp³-hybridized carbons (Fsp3) is 0.200. The van der Waals surface area contributed by atoms with E-state index in [0.29, 0.717) is 28.5 Å². The topological polar surface area (TPSA) is 106 Å². The zero-order chi connectivity index (χ0) is 27.2. The lowest BCUT2D eigenvalue weighted by molar-refractivity contribution is -0.136.